The van der Waals surface area contributed by atoms with Crippen molar-refractivity contribution < 1.29 is 5.11 Å². The predicted molar refractivity (Wildman–Crippen MR) is 72.4 cm³/mol. The Kier molecular flexibility index (Phi) is 3.72. The lowest BCUT2D eigenvalue weighted by molar-refractivity contribution is 0.0167. The van der Waals surface area contributed by atoms with Gasteiger partial charge >= 0.3 is 0 Å². The summed E-state index contributed by atoms with van der Waals surface area (Å²) in [7, 11) is 0. The smallest absolute Gasteiger partial charge is 0.0819 e. The summed E-state index contributed by atoms with van der Waals surface area (Å²) in [5.74, 6) is 0. The number of hydrogen-bond donors (Lipinski definition) is 2. The van der Waals surface area contributed by atoms with Crippen LogP contribution in [-0.4, -0.2) is 17.3 Å². The molecule has 1 aromatic rings. The van der Waals surface area contributed by atoms with E-state index in [0.717, 1.165) is 31.4 Å². The van der Waals surface area contributed by atoms with E-state index >= 15 is 0 Å². The van der Waals surface area contributed by atoms with Gasteiger partial charge in [0.2, 0.25) is 0 Å². The van der Waals surface area contributed by atoms with E-state index in [-0.39, 0.29) is 0 Å². The van der Waals surface area contributed by atoms with Crippen molar-refractivity contribution in [1.82, 2.24) is 0 Å². The number of aryl methyl sites for hydroxylation is 2. The second kappa shape index (κ2) is 5.09. The predicted octanol–water partition coefficient (Wildman–Crippen LogP) is 3.41. The van der Waals surface area contributed by atoms with Gasteiger partial charge in [-0.15, -0.1) is 0 Å². The fourth-order valence-corrected chi connectivity index (χ4v) is 2.73. The summed E-state index contributed by atoms with van der Waals surface area (Å²) in [5.41, 5.74) is 3.17. The molecule has 0 heterocycles. The first kappa shape index (κ1) is 12.4. The normalized spacial score (nSPS) is 19.0. The van der Waals surface area contributed by atoms with Crippen LogP contribution in [0.3, 0.4) is 0 Å². The van der Waals surface area contributed by atoms with Gasteiger partial charge in [-0.2, -0.15) is 0 Å². The lowest BCUT2D eigenvalue weighted by Crippen LogP contribution is -2.38. The molecule has 0 aromatic heterocycles. The Morgan fingerprint density at radius 1 is 1.06 bits per heavy atom. The van der Waals surface area contributed by atoms with Crippen molar-refractivity contribution in [3.63, 3.8) is 0 Å². The second-order valence-electron chi connectivity index (χ2n) is 5.51. The molecule has 94 valence electrons. The maximum absolute atomic E-state index is 10.4. The number of nitrogens with one attached hydrogen (secondary N) is 1. The van der Waals surface area contributed by atoms with Crippen LogP contribution in [-0.2, 0) is 0 Å². The van der Waals surface area contributed by atoms with Gasteiger partial charge in [0.25, 0.3) is 0 Å². The Bertz CT molecular complexity index is 360. The minimum atomic E-state index is -0.490. The summed E-state index contributed by atoms with van der Waals surface area (Å²) >= 11 is 0. The van der Waals surface area contributed by atoms with Crippen molar-refractivity contribution in [3.05, 3.63) is 29.3 Å². The van der Waals surface area contributed by atoms with Crippen LogP contribution >= 0.6 is 0 Å². The summed E-state index contributed by atoms with van der Waals surface area (Å²) in [5, 5.41) is 13.8. The van der Waals surface area contributed by atoms with Gasteiger partial charge < -0.3 is 10.4 Å². The molecule has 1 fully saturated rings. The van der Waals surface area contributed by atoms with Crippen molar-refractivity contribution in [2.24, 2.45) is 0 Å². The molecule has 1 aliphatic rings. The monoisotopic (exact) mass is 233 g/mol. The van der Waals surface area contributed by atoms with Crippen LogP contribution in [0.15, 0.2) is 18.2 Å². The Hall–Kier alpha value is -1.02. The molecule has 0 radical (unpaired) electrons. The van der Waals surface area contributed by atoms with Gasteiger partial charge in [0.1, 0.15) is 0 Å². The van der Waals surface area contributed by atoms with Crippen LogP contribution in [0.2, 0.25) is 0 Å². The molecule has 0 atom stereocenters. The highest BCUT2D eigenvalue weighted by Gasteiger charge is 2.28. The zero-order chi connectivity index (χ0) is 12.3. The molecular weight excluding hydrogens is 210 g/mol. The molecule has 2 rings (SSSR count). The quantitative estimate of drug-likeness (QED) is 0.838. The molecule has 17 heavy (non-hydrogen) atoms. The molecule has 0 unspecified atom stereocenters. The van der Waals surface area contributed by atoms with E-state index in [4.69, 9.17) is 0 Å². The first-order chi connectivity index (χ1) is 8.07. The van der Waals surface area contributed by atoms with Crippen LogP contribution < -0.4 is 5.32 Å². The summed E-state index contributed by atoms with van der Waals surface area (Å²) in [6, 6.07) is 6.44. The third kappa shape index (κ3) is 3.47. The number of hydrogen-bond acceptors (Lipinski definition) is 2. The van der Waals surface area contributed by atoms with E-state index in [1.807, 2.05) is 0 Å². The fraction of sp³-hybridized carbons (Fsp3) is 0.600. The van der Waals surface area contributed by atoms with Crippen molar-refractivity contribution in [1.29, 1.82) is 0 Å². The van der Waals surface area contributed by atoms with Crippen LogP contribution in [0.25, 0.3) is 0 Å². The number of anilines is 1. The molecule has 1 saturated carbocycles. The molecule has 1 aliphatic carbocycles. The average Bonchev–Trinajstić information content (AvgIpc) is 2.26. The third-order valence-corrected chi connectivity index (χ3v) is 3.63. The Labute approximate surface area is 104 Å². The van der Waals surface area contributed by atoms with E-state index in [1.165, 1.54) is 17.5 Å². The molecule has 2 heteroatoms. The molecule has 0 bridgehead atoms. The van der Waals surface area contributed by atoms with Gasteiger partial charge in [-0.25, -0.2) is 0 Å². The zero-order valence-electron chi connectivity index (χ0n) is 10.9. The van der Waals surface area contributed by atoms with Gasteiger partial charge in [-0.3, -0.25) is 0 Å². The topological polar surface area (TPSA) is 32.3 Å². The van der Waals surface area contributed by atoms with Crippen molar-refractivity contribution in [2.75, 3.05) is 11.9 Å². The van der Waals surface area contributed by atoms with E-state index in [9.17, 15) is 5.11 Å². The molecule has 0 amide bonds. The maximum Gasteiger partial charge on any atom is 0.0819 e. The van der Waals surface area contributed by atoms with Gasteiger partial charge in [0.15, 0.2) is 0 Å². The van der Waals surface area contributed by atoms with E-state index in [1.54, 1.807) is 0 Å². The summed E-state index contributed by atoms with van der Waals surface area (Å²) in [6.07, 6.45) is 5.46. The Morgan fingerprint density at radius 2 is 1.65 bits per heavy atom. The lowest BCUT2D eigenvalue weighted by atomic mass is 9.85. The van der Waals surface area contributed by atoms with Gasteiger partial charge in [-0.05, 0) is 49.9 Å². The summed E-state index contributed by atoms with van der Waals surface area (Å²) in [4.78, 5) is 0. The molecule has 1 aromatic carbocycles. The van der Waals surface area contributed by atoms with E-state index in [0.29, 0.717) is 6.54 Å². The molecular formula is C15H23NO. The Balaban J connectivity index is 1.96. The van der Waals surface area contributed by atoms with Crippen molar-refractivity contribution in [2.45, 2.75) is 51.6 Å². The number of rotatable bonds is 3. The van der Waals surface area contributed by atoms with Crippen LogP contribution in [0.1, 0.15) is 43.2 Å². The average molecular weight is 233 g/mol. The van der Waals surface area contributed by atoms with Gasteiger partial charge in [0.05, 0.1) is 5.60 Å². The van der Waals surface area contributed by atoms with Crippen molar-refractivity contribution in [3.8, 4) is 0 Å². The first-order valence-electron chi connectivity index (χ1n) is 6.62. The van der Waals surface area contributed by atoms with E-state index in [2.05, 4.69) is 37.4 Å². The first-order valence-corrected chi connectivity index (χ1v) is 6.62. The Morgan fingerprint density at radius 3 is 2.24 bits per heavy atom. The van der Waals surface area contributed by atoms with Crippen LogP contribution in [0, 0.1) is 13.8 Å². The van der Waals surface area contributed by atoms with Crippen molar-refractivity contribution >= 4 is 5.69 Å². The standard InChI is InChI=1S/C15H23NO/c1-12-8-13(2)10-14(9-12)16-11-15(17)6-4-3-5-7-15/h8-10,16-17H,3-7,11H2,1-2H3. The minimum Gasteiger partial charge on any atom is -0.388 e. The van der Waals surface area contributed by atoms with Crippen LogP contribution in [0.4, 0.5) is 5.69 Å². The van der Waals surface area contributed by atoms with E-state index < -0.39 is 5.60 Å². The second-order valence-corrected chi connectivity index (χ2v) is 5.51. The SMILES string of the molecule is Cc1cc(C)cc(NCC2(O)CCCCC2)c1. The zero-order valence-corrected chi connectivity index (χ0v) is 10.9. The number of benzene rings is 1. The molecule has 2 N–H and O–H groups in total. The molecule has 0 spiro atoms. The highest BCUT2D eigenvalue weighted by atomic mass is 16.3. The summed E-state index contributed by atoms with van der Waals surface area (Å²) < 4.78 is 0. The van der Waals surface area contributed by atoms with Gasteiger partial charge in [0, 0.05) is 12.2 Å². The third-order valence-electron chi connectivity index (χ3n) is 3.63. The lowest BCUT2D eigenvalue weighted by Gasteiger charge is -2.32. The molecule has 2 nitrogen and oxygen atoms in total. The summed E-state index contributed by atoms with van der Waals surface area (Å²) in [6.45, 7) is 4.89. The van der Waals surface area contributed by atoms with Gasteiger partial charge in [-0.1, -0.05) is 25.3 Å². The number of aliphatic hydroxyl groups is 1. The molecule has 0 saturated heterocycles. The fourth-order valence-electron chi connectivity index (χ4n) is 2.73. The maximum atomic E-state index is 10.4. The highest BCUT2D eigenvalue weighted by Crippen LogP contribution is 2.28. The highest BCUT2D eigenvalue weighted by molar-refractivity contribution is 5.48. The van der Waals surface area contributed by atoms with Crippen LogP contribution in [0.5, 0.6) is 0 Å². The minimum absolute atomic E-state index is 0.490. The largest absolute Gasteiger partial charge is 0.388 e. The molecule has 0 aliphatic heterocycles.